The third kappa shape index (κ3) is 6.18. The summed E-state index contributed by atoms with van der Waals surface area (Å²) in [5, 5.41) is 3.60. The fourth-order valence-electron chi connectivity index (χ4n) is 3.30. The Kier molecular flexibility index (Phi) is 6.52. The largest absolute Gasteiger partial charge is 0.453 e. The zero-order valence-electron chi connectivity index (χ0n) is 13.6. The molecule has 23 heavy (non-hydrogen) atoms. The number of nitrogens with one attached hydrogen (secondary N) is 1. The van der Waals surface area contributed by atoms with Crippen LogP contribution in [0.25, 0.3) is 0 Å². The average molecular weight is 337 g/mol. The number of carbonyl (C=O) groups excluding carboxylic acids is 1. The number of piperidine rings is 2. The van der Waals surface area contributed by atoms with E-state index in [1.165, 1.54) is 7.11 Å². The number of methoxy groups -OCH3 is 1. The monoisotopic (exact) mass is 337 g/mol. The predicted octanol–water partition coefficient (Wildman–Crippen LogP) is 2.22. The molecule has 0 aliphatic carbocycles. The van der Waals surface area contributed by atoms with Gasteiger partial charge in [0.25, 0.3) is 0 Å². The average Bonchev–Trinajstić information content (AvgIpc) is 2.53. The van der Waals surface area contributed by atoms with Gasteiger partial charge >= 0.3 is 12.3 Å². The van der Waals surface area contributed by atoms with Crippen LogP contribution in [0.3, 0.4) is 0 Å². The van der Waals surface area contributed by atoms with Gasteiger partial charge in [-0.1, -0.05) is 0 Å². The van der Waals surface area contributed by atoms with Crippen molar-refractivity contribution in [3.63, 3.8) is 0 Å². The summed E-state index contributed by atoms with van der Waals surface area (Å²) in [7, 11) is 1.39. The fraction of sp³-hybridized carbons (Fsp3) is 0.933. The number of alkyl halides is 3. The van der Waals surface area contributed by atoms with Crippen molar-refractivity contribution in [3.05, 3.63) is 0 Å². The second kappa shape index (κ2) is 8.19. The molecule has 0 bridgehead atoms. The molecule has 1 N–H and O–H groups in total. The highest BCUT2D eigenvalue weighted by Gasteiger charge is 2.30. The van der Waals surface area contributed by atoms with Gasteiger partial charge in [0.05, 0.1) is 13.5 Å². The van der Waals surface area contributed by atoms with Crippen molar-refractivity contribution in [3.8, 4) is 0 Å². The number of carbonyl (C=O) groups is 1. The van der Waals surface area contributed by atoms with E-state index in [4.69, 9.17) is 4.74 Å². The van der Waals surface area contributed by atoms with E-state index < -0.39 is 12.6 Å². The minimum atomic E-state index is -4.07. The van der Waals surface area contributed by atoms with Crippen LogP contribution in [-0.4, -0.2) is 74.0 Å². The maximum atomic E-state index is 12.2. The van der Waals surface area contributed by atoms with Gasteiger partial charge in [0, 0.05) is 31.7 Å². The lowest BCUT2D eigenvalue weighted by Crippen LogP contribution is -2.50. The van der Waals surface area contributed by atoms with Gasteiger partial charge in [0.1, 0.15) is 0 Å². The van der Waals surface area contributed by atoms with E-state index in [-0.39, 0.29) is 12.6 Å². The Morgan fingerprint density at radius 1 is 1.09 bits per heavy atom. The normalized spacial score (nSPS) is 22.3. The number of amides is 1. The number of halogens is 3. The molecule has 2 saturated heterocycles. The van der Waals surface area contributed by atoms with Gasteiger partial charge < -0.3 is 19.9 Å². The lowest BCUT2D eigenvalue weighted by Gasteiger charge is -2.37. The molecular weight excluding hydrogens is 311 g/mol. The molecule has 1 amide bonds. The van der Waals surface area contributed by atoms with Crippen molar-refractivity contribution < 1.29 is 22.7 Å². The number of ether oxygens (including phenoxy) is 1. The zero-order valence-corrected chi connectivity index (χ0v) is 13.6. The molecule has 2 aliphatic rings. The Balaban J connectivity index is 1.63. The van der Waals surface area contributed by atoms with Crippen molar-refractivity contribution in [1.82, 2.24) is 15.1 Å². The number of nitrogens with zero attached hydrogens (tertiary/aromatic N) is 2. The number of hydrogen-bond acceptors (Lipinski definition) is 4. The Morgan fingerprint density at radius 2 is 1.61 bits per heavy atom. The second-order valence-electron chi connectivity index (χ2n) is 6.38. The van der Waals surface area contributed by atoms with Gasteiger partial charge in [-0.2, -0.15) is 13.2 Å². The molecule has 0 saturated carbocycles. The molecule has 2 heterocycles. The maximum Gasteiger partial charge on any atom is 0.409 e. The van der Waals surface area contributed by atoms with E-state index in [1.54, 1.807) is 4.90 Å². The molecule has 0 unspecified atom stereocenters. The predicted molar refractivity (Wildman–Crippen MR) is 80.3 cm³/mol. The topological polar surface area (TPSA) is 44.8 Å². The van der Waals surface area contributed by atoms with Crippen LogP contribution < -0.4 is 5.32 Å². The fourth-order valence-corrected chi connectivity index (χ4v) is 3.30. The first kappa shape index (κ1) is 18.3. The van der Waals surface area contributed by atoms with E-state index in [0.717, 1.165) is 38.8 Å². The summed E-state index contributed by atoms with van der Waals surface area (Å²) in [6, 6.07) is 0.745. The van der Waals surface area contributed by atoms with Crippen molar-refractivity contribution in [2.24, 2.45) is 0 Å². The quantitative estimate of drug-likeness (QED) is 0.854. The Morgan fingerprint density at radius 3 is 2.09 bits per heavy atom. The highest BCUT2D eigenvalue weighted by molar-refractivity contribution is 5.67. The molecule has 0 aromatic carbocycles. The zero-order chi connectivity index (χ0) is 16.9. The van der Waals surface area contributed by atoms with Crippen molar-refractivity contribution in [1.29, 1.82) is 0 Å². The molecule has 0 aromatic rings. The van der Waals surface area contributed by atoms with Crippen LogP contribution in [0.15, 0.2) is 0 Å². The van der Waals surface area contributed by atoms with E-state index in [2.05, 4.69) is 5.32 Å². The third-order valence-electron chi connectivity index (χ3n) is 4.70. The first-order valence-electron chi connectivity index (χ1n) is 8.25. The molecule has 2 fully saturated rings. The van der Waals surface area contributed by atoms with Gasteiger partial charge in [-0.3, -0.25) is 0 Å². The molecule has 0 atom stereocenters. The summed E-state index contributed by atoms with van der Waals surface area (Å²) < 4.78 is 41.4. The van der Waals surface area contributed by atoms with Crippen LogP contribution in [0, 0.1) is 0 Å². The molecule has 2 aliphatic heterocycles. The smallest absolute Gasteiger partial charge is 0.409 e. The first-order valence-corrected chi connectivity index (χ1v) is 8.25. The molecule has 0 aromatic heterocycles. The summed E-state index contributed by atoms with van der Waals surface area (Å²) in [6.45, 7) is 2.92. The number of hydrogen-bond donors (Lipinski definition) is 1. The molecule has 8 heteroatoms. The molecule has 2 rings (SSSR count). The molecular formula is C15H26F3N3O2. The van der Waals surface area contributed by atoms with E-state index in [1.807, 2.05) is 4.90 Å². The van der Waals surface area contributed by atoms with Crippen LogP contribution in [0.5, 0.6) is 0 Å². The highest BCUT2D eigenvalue weighted by Crippen LogP contribution is 2.21. The second-order valence-corrected chi connectivity index (χ2v) is 6.38. The first-order chi connectivity index (χ1) is 10.9. The minimum absolute atomic E-state index is 0.105. The number of rotatable bonds is 4. The van der Waals surface area contributed by atoms with Gasteiger partial charge in [0.15, 0.2) is 0 Å². The standard InChI is InChI=1S/C15H26F3N3O2/c1-23-14(22)21-9-4-13(5-10-21)19-12-2-7-20(8-3-12)11-6-15(16,17)18/h12-13,19H,2-11H2,1H3. The Hall–Kier alpha value is -1.02. The van der Waals surface area contributed by atoms with Crippen LogP contribution in [0.1, 0.15) is 32.1 Å². The van der Waals surface area contributed by atoms with E-state index in [0.29, 0.717) is 25.2 Å². The molecule has 134 valence electrons. The maximum absolute atomic E-state index is 12.2. The van der Waals surface area contributed by atoms with Gasteiger partial charge in [-0.25, -0.2) is 4.79 Å². The van der Waals surface area contributed by atoms with Crippen LogP contribution in [0.2, 0.25) is 0 Å². The van der Waals surface area contributed by atoms with Crippen molar-refractivity contribution in [2.75, 3.05) is 39.8 Å². The minimum Gasteiger partial charge on any atom is -0.453 e. The van der Waals surface area contributed by atoms with E-state index >= 15 is 0 Å². The van der Waals surface area contributed by atoms with Crippen LogP contribution in [0.4, 0.5) is 18.0 Å². The lowest BCUT2D eigenvalue weighted by molar-refractivity contribution is -0.138. The van der Waals surface area contributed by atoms with Crippen LogP contribution >= 0.6 is 0 Å². The van der Waals surface area contributed by atoms with Crippen molar-refractivity contribution >= 4 is 6.09 Å². The summed E-state index contributed by atoms with van der Waals surface area (Å²) >= 11 is 0. The van der Waals surface area contributed by atoms with Gasteiger partial charge in [-0.15, -0.1) is 0 Å². The summed E-state index contributed by atoms with van der Waals surface area (Å²) in [5.41, 5.74) is 0. The molecule has 0 radical (unpaired) electrons. The summed E-state index contributed by atoms with van der Waals surface area (Å²) in [6.07, 6.45) is -1.52. The number of likely N-dealkylation sites (tertiary alicyclic amines) is 2. The Bertz CT molecular complexity index is 377. The third-order valence-corrected chi connectivity index (χ3v) is 4.70. The van der Waals surface area contributed by atoms with Gasteiger partial charge in [0.2, 0.25) is 0 Å². The lowest BCUT2D eigenvalue weighted by atomic mass is 9.99. The highest BCUT2D eigenvalue weighted by atomic mass is 19.4. The van der Waals surface area contributed by atoms with E-state index in [9.17, 15) is 18.0 Å². The van der Waals surface area contributed by atoms with Gasteiger partial charge in [-0.05, 0) is 38.8 Å². The molecule has 0 spiro atoms. The summed E-state index contributed by atoms with van der Waals surface area (Å²) in [4.78, 5) is 15.0. The SMILES string of the molecule is COC(=O)N1CCC(NC2CCN(CCC(F)(F)F)CC2)CC1. The Labute approximate surface area is 135 Å². The molecule has 5 nitrogen and oxygen atoms in total. The summed E-state index contributed by atoms with van der Waals surface area (Å²) in [5.74, 6) is 0. The van der Waals surface area contributed by atoms with Crippen molar-refractivity contribution in [2.45, 2.75) is 50.4 Å². The van der Waals surface area contributed by atoms with Crippen LogP contribution in [-0.2, 0) is 4.74 Å².